The number of hydrogen-bond acceptors (Lipinski definition) is 5. The number of amides is 1. The van der Waals surface area contributed by atoms with Crippen LogP contribution in [0.1, 0.15) is 27.0 Å². The van der Waals surface area contributed by atoms with E-state index >= 15 is 0 Å². The zero-order valence-corrected chi connectivity index (χ0v) is 22.0. The van der Waals surface area contributed by atoms with E-state index < -0.39 is 0 Å². The topological polar surface area (TPSA) is 129 Å². The molecule has 0 radical (unpaired) electrons. The van der Waals surface area contributed by atoms with Crippen LogP contribution in [0, 0.1) is 22.9 Å². The number of benzene rings is 4. The van der Waals surface area contributed by atoms with Crippen molar-refractivity contribution in [3.05, 3.63) is 119 Å². The molecule has 7 heteroatoms. The van der Waals surface area contributed by atoms with Crippen LogP contribution in [0.3, 0.4) is 0 Å². The first kappa shape index (κ1) is 29.4. The van der Waals surface area contributed by atoms with Gasteiger partial charge in [0.15, 0.2) is 12.4 Å². The van der Waals surface area contributed by atoms with Crippen LogP contribution in [-0.4, -0.2) is 37.6 Å². The van der Waals surface area contributed by atoms with Crippen molar-refractivity contribution in [2.45, 2.75) is 13.0 Å². The Morgan fingerprint density at radius 1 is 0.789 bits per heavy atom. The summed E-state index contributed by atoms with van der Waals surface area (Å²) in [5.74, 6) is -0.0118. The molecule has 0 aliphatic heterocycles. The van der Waals surface area contributed by atoms with Gasteiger partial charge in [-0.05, 0) is 40.5 Å². The minimum absolute atomic E-state index is 0.0118. The quantitative estimate of drug-likeness (QED) is 0.186. The second-order valence-electron chi connectivity index (χ2n) is 9.32. The van der Waals surface area contributed by atoms with Gasteiger partial charge in [0.1, 0.15) is 6.54 Å². The molecule has 194 valence electrons. The Balaban J connectivity index is 0.000000773. The lowest BCUT2D eigenvalue weighted by atomic mass is 9.97. The second kappa shape index (κ2) is 15.3. The zero-order valence-electron chi connectivity index (χ0n) is 22.0. The predicted molar refractivity (Wildman–Crippen MR) is 152 cm³/mol. The summed E-state index contributed by atoms with van der Waals surface area (Å²) >= 11 is 0. The number of fused-ring (bicyclic) bond motifs is 1. The summed E-state index contributed by atoms with van der Waals surface area (Å²) in [5.41, 5.74) is 13.1. The summed E-state index contributed by atoms with van der Waals surface area (Å²) in [6.45, 7) is 2.43. The second-order valence-corrected chi connectivity index (χ2v) is 9.32. The molecule has 0 heterocycles. The summed E-state index contributed by atoms with van der Waals surface area (Å²) in [4.78, 5) is 12.3. The molecule has 4 aromatic carbocycles. The summed E-state index contributed by atoms with van der Waals surface area (Å²) in [6, 6.07) is 33.4. The van der Waals surface area contributed by atoms with Crippen LogP contribution in [0.2, 0.25) is 0 Å². The van der Waals surface area contributed by atoms with E-state index in [2.05, 4.69) is 97.6 Å². The van der Waals surface area contributed by atoms with Crippen LogP contribution < -0.4 is 16.8 Å². The van der Waals surface area contributed by atoms with Crippen molar-refractivity contribution < 1.29 is 9.28 Å². The first-order chi connectivity index (χ1) is 18.3. The Labute approximate surface area is 225 Å². The van der Waals surface area contributed by atoms with Gasteiger partial charge < -0.3 is 21.3 Å². The molecule has 0 saturated heterocycles. The molecule has 0 saturated carbocycles. The molecule has 0 unspecified atom stereocenters. The average molecular weight is 508 g/mol. The van der Waals surface area contributed by atoms with Gasteiger partial charge in [-0.3, -0.25) is 4.79 Å². The van der Waals surface area contributed by atoms with Gasteiger partial charge in [0.25, 0.3) is 5.91 Å². The van der Waals surface area contributed by atoms with Crippen molar-refractivity contribution in [1.29, 1.82) is 10.5 Å². The summed E-state index contributed by atoms with van der Waals surface area (Å²) in [7, 11) is 4.45. The molecule has 0 fully saturated rings. The van der Waals surface area contributed by atoms with Crippen LogP contribution in [0.5, 0.6) is 0 Å². The van der Waals surface area contributed by atoms with E-state index in [-0.39, 0.29) is 5.91 Å². The highest BCUT2D eigenvalue weighted by molar-refractivity contribution is 5.94. The Morgan fingerprint density at radius 2 is 1.34 bits per heavy atom. The standard InChI is InChI=1S/C29H30N2O.2CH2N2/c1-31(2,19-18-30-29(32)25-11-4-3-5-12-25)22-28-15-9-8-14-27(28)21-23-16-17-24-10-6-7-13-26(24)20-23;2*2-1-3/h3-17,20H,18-19,21-22H2,1-2H3;2*2H2/p+1. The number of nitrogens with zero attached hydrogens (tertiary/aromatic N) is 3. The number of nitrogens with one attached hydrogen (secondary N) is 1. The van der Waals surface area contributed by atoms with Gasteiger partial charge in [0.2, 0.25) is 0 Å². The first-order valence-electron chi connectivity index (χ1n) is 12.2. The summed E-state index contributed by atoms with van der Waals surface area (Å²) in [6.07, 6.45) is 3.42. The maximum atomic E-state index is 12.3. The monoisotopic (exact) mass is 507 g/mol. The van der Waals surface area contributed by atoms with Gasteiger partial charge in [0, 0.05) is 11.1 Å². The van der Waals surface area contributed by atoms with Crippen LogP contribution >= 0.6 is 0 Å². The SMILES string of the molecule is C[N+](C)(CCNC(=O)c1ccccc1)Cc1ccccc1Cc1ccc2ccccc2c1.N#CN.N#CN. The van der Waals surface area contributed by atoms with E-state index in [1.807, 2.05) is 30.3 Å². The van der Waals surface area contributed by atoms with Crippen LogP contribution in [0.4, 0.5) is 0 Å². The van der Waals surface area contributed by atoms with E-state index in [1.165, 1.54) is 39.8 Å². The Kier molecular flexibility index (Phi) is 11.8. The van der Waals surface area contributed by atoms with Gasteiger partial charge in [0.05, 0.1) is 27.2 Å². The number of hydrogen-bond donors (Lipinski definition) is 3. The van der Waals surface area contributed by atoms with E-state index in [9.17, 15) is 4.79 Å². The molecule has 0 spiro atoms. The molecule has 5 N–H and O–H groups in total. The fourth-order valence-electron chi connectivity index (χ4n) is 4.16. The zero-order chi connectivity index (χ0) is 27.8. The molecule has 0 aliphatic rings. The van der Waals surface area contributed by atoms with Gasteiger partial charge in [-0.2, -0.15) is 10.5 Å². The van der Waals surface area contributed by atoms with Crippen molar-refractivity contribution in [1.82, 2.24) is 5.32 Å². The number of carbonyl (C=O) groups excluding carboxylic acids is 1. The van der Waals surface area contributed by atoms with E-state index in [0.717, 1.165) is 24.0 Å². The van der Waals surface area contributed by atoms with E-state index in [4.69, 9.17) is 10.5 Å². The third kappa shape index (κ3) is 9.66. The third-order valence-electron chi connectivity index (χ3n) is 5.96. The number of likely N-dealkylation sites (N-methyl/N-ethyl adjacent to an activating group) is 1. The highest BCUT2D eigenvalue weighted by atomic mass is 16.1. The largest absolute Gasteiger partial charge is 0.346 e. The van der Waals surface area contributed by atoms with Crippen molar-refractivity contribution in [3.63, 3.8) is 0 Å². The lowest BCUT2D eigenvalue weighted by Gasteiger charge is -2.31. The first-order valence-corrected chi connectivity index (χ1v) is 12.2. The number of nitrogens with two attached hydrogens (primary N) is 2. The van der Waals surface area contributed by atoms with Crippen LogP contribution in [-0.2, 0) is 13.0 Å². The molecular formula is C31H35N6O+. The maximum Gasteiger partial charge on any atom is 0.251 e. The highest BCUT2D eigenvalue weighted by Gasteiger charge is 2.18. The number of rotatable bonds is 8. The van der Waals surface area contributed by atoms with Crippen LogP contribution in [0.15, 0.2) is 97.1 Å². The highest BCUT2D eigenvalue weighted by Crippen LogP contribution is 2.21. The minimum atomic E-state index is -0.0118. The van der Waals surface area contributed by atoms with Crippen molar-refractivity contribution in [2.75, 3.05) is 27.2 Å². The number of carbonyl (C=O) groups is 1. The van der Waals surface area contributed by atoms with Gasteiger partial charge in [-0.1, -0.05) is 84.9 Å². The Morgan fingerprint density at radius 3 is 2.00 bits per heavy atom. The third-order valence-corrected chi connectivity index (χ3v) is 5.96. The molecule has 4 rings (SSSR count). The molecule has 0 bridgehead atoms. The molecule has 38 heavy (non-hydrogen) atoms. The normalized spacial score (nSPS) is 10.0. The Hall–Kier alpha value is -4.85. The van der Waals surface area contributed by atoms with Crippen molar-refractivity contribution in [2.24, 2.45) is 11.5 Å². The fraction of sp³-hybridized carbons (Fsp3) is 0.194. The predicted octanol–water partition coefficient (Wildman–Crippen LogP) is 4.29. The fourth-order valence-corrected chi connectivity index (χ4v) is 4.16. The minimum Gasteiger partial charge on any atom is -0.346 e. The van der Waals surface area contributed by atoms with Crippen molar-refractivity contribution in [3.8, 4) is 12.4 Å². The van der Waals surface area contributed by atoms with Gasteiger partial charge >= 0.3 is 0 Å². The lowest BCUT2D eigenvalue weighted by Crippen LogP contribution is -2.44. The molecule has 7 nitrogen and oxygen atoms in total. The Bertz CT molecular complexity index is 1370. The molecule has 1 amide bonds. The van der Waals surface area contributed by atoms with Gasteiger partial charge in [-0.25, -0.2) is 0 Å². The lowest BCUT2D eigenvalue weighted by molar-refractivity contribution is -0.902. The number of quaternary nitrogens is 1. The van der Waals surface area contributed by atoms with Gasteiger partial charge in [-0.15, -0.1) is 0 Å². The maximum absolute atomic E-state index is 12.3. The summed E-state index contributed by atoms with van der Waals surface area (Å²) in [5, 5.41) is 19.8. The molecular weight excluding hydrogens is 472 g/mol. The smallest absolute Gasteiger partial charge is 0.251 e. The van der Waals surface area contributed by atoms with E-state index in [0.29, 0.717) is 12.1 Å². The molecule has 0 atom stereocenters. The summed E-state index contributed by atoms with van der Waals surface area (Å²) < 4.78 is 0.809. The average Bonchev–Trinajstić information content (AvgIpc) is 2.91. The molecule has 0 aromatic heterocycles. The molecule has 4 aromatic rings. The number of nitriles is 2. The van der Waals surface area contributed by atoms with Crippen LogP contribution in [0.25, 0.3) is 10.8 Å². The molecule has 0 aliphatic carbocycles. The van der Waals surface area contributed by atoms with Crippen molar-refractivity contribution >= 4 is 16.7 Å². The van der Waals surface area contributed by atoms with E-state index in [1.54, 1.807) is 0 Å².